The van der Waals surface area contributed by atoms with Gasteiger partial charge in [0.2, 0.25) is 0 Å². The number of unbranched alkanes of at least 4 members (excludes halogenated alkanes) is 4. The van der Waals surface area contributed by atoms with E-state index in [1.807, 2.05) is 20.8 Å². The predicted octanol–water partition coefficient (Wildman–Crippen LogP) is 4.03. The Hall–Kier alpha value is -1.00. The topological polar surface area (TPSA) is 38.7 Å². The summed E-state index contributed by atoms with van der Waals surface area (Å²) in [4.78, 5) is 0. The second kappa shape index (κ2) is 10.7. The first kappa shape index (κ1) is 20.0. The lowest BCUT2D eigenvalue weighted by Gasteiger charge is -2.16. The molecule has 3 nitrogen and oxygen atoms in total. The van der Waals surface area contributed by atoms with Crippen LogP contribution in [0.5, 0.6) is 0 Å². The zero-order valence-electron chi connectivity index (χ0n) is 15.2. The van der Waals surface area contributed by atoms with E-state index in [0.29, 0.717) is 12.8 Å². The van der Waals surface area contributed by atoms with Gasteiger partial charge in [-0.25, -0.2) is 0 Å². The van der Waals surface area contributed by atoms with Crippen LogP contribution in [0.3, 0.4) is 0 Å². The van der Waals surface area contributed by atoms with Gasteiger partial charge in [-0.2, -0.15) is 0 Å². The van der Waals surface area contributed by atoms with Gasteiger partial charge < -0.3 is 14.6 Å². The lowest BCUT2D eigenvalue weighted by molar-refractivity contribution is -0.146. The van der Waals surface area contributed by atoms with Crippen LogP contribution in [0.25, 0.3) is 0 Å². The van der Waals surface area contributed by atoms with Crippen LogP contribution in [0.1, 0.15) is 79.1 Å². The van der Waals surface area contributed by atoms with Gasteiger partial charge in [-0.1, -0.05) is 57.8 Å². The van der Waals surface area contributed by atoms with E-state index >= 15 is 0 Å². The molecule has 0 spiro atoms. The summed E-state index contributed by atoms with van der Waals surface area (Å²) in [5, 5.41) is 9.35. The first-order chi connectivity index (χ1) is 11.0. The number of hydrogen-bond acceptors (Lipinski definition) is 3. The fraction of sp³-hybridized carbons (Fsp3) is 0.800. The summed E-state index contributed by atoms with van der Waals surface area (Å²) in [6.07, 6.45) is 8.15. The molecule has 0 radical (unpaired) electrons. The van der Waals surface area contributed by atoms with Crippen molar-refractivity contribution in [1.29, 1.82) is 0 Å². The molecule has 0 saturated carbocycles. The minimum atomic E-state index is -0.579. The maximum Gasteiger partial charge on any atom is 0.163 e. The van der Waals surface area contributed by atoms with Gasteiger partial charge >= 0.3 is 0 Å². The highest BCUT2D eigenvalue weighted by Crippen LogP contribution is 2.32. The van der Waals surface area contributed by atoms with Crippen molar-refractivity contribution in [2.45, 2.75) is 103 Å². The summed E-state index contributed by atoms with van der Waals surface area (Å²) in [5.74, 6) is 10.7. The standard InChI is InChI=1S/C20H32O3/c1-5-7-8-9-12-15-18-19(23-20(3,4)22-18)16-13-10-11-14-17(21)6-2/h17-19,21H,5-9,12,15-16H2,1-4H3/t17?,18-,19-/m1/s1. The van der Waals surface area contributed by atoms with Crippen LogP contribution in [-0.4, -0.2) is 29.2 Å². The zero-order valence-corrected chi connectivity index (χ0v) is 15.2. The fourth-order valence-electron chi connectivity index (χ4n) is 2.69. The zero-order chi connectivity index (χ0) is 17.1. The average molecular weight is 320 g/mol. The van der Waals surface area contributed by atoms with Crippen LogP contribution in [-0.2, 0) is 9.47 Å². The monoisotopic (exact) mass is 320 g/mol. The molecule has 0 aromatic rings. The number of ether oxygens (including phenoxy) is 2. The highest BCUT2D eigenvalue weighted by molar-refractivity contribution is 5.27. The number of rotatable bonds is 8. The van der Waals surface area contributed by atoms with Gasteiger partial charge in [-0.3, -0.25) is 0 Å². The number of aliphatic hydroxyl groups excluding tert-OH is 1. The first-order valence-corrected chi connectivity index (χ1v) is 9.00. The molecule has 0 aromatic heterocycles. The smallest absolute Gasteiger partial charge is 0.163 e. The molecule has 1 N–H and O–H groups in total. The van der Waals surface area contributed by atoms with Crippen molar-refractivity contribution in [3.05, 3.63) is 0 Å². The Labute approximate surface area is 142 Å². The molecular formula is C20H32O3. The molecule has 0 amide bonds. The third-order valence-electron chi connectivity index (χ3n) is 3.96. The Kier molecular flexibility index (Phi) is 9.34. The van der Waals surface area contributed by atoms with E-state index in [1.165, 1.54) is 32.1 Å². The summed E-state index contributed by atoms with van der Waals surface area (Å²) < 4.78 is 12.0. The van der Waals surface area contributed by atoms with Crippen LogP contribution >= 0.6 is 0 Å². The van der Waals surface area contributed by atoms with Crippen molar-refractivity contribution < 1.29 is 14.6 Å². The molecule has 1 rings (SSSR count). The van der Waals surface area contributed by atoms with Crippen molar-refractivity contribution in [3.63, 3.8) is 0 Å². The number of hydrogen-bond donors (Lipinski definition) is 1. The van der Waals surface area contributed by atoms with Gasteiger partial charge in [0, 0.05) is 6.42 Å². The van der Waals surface area contributed by atoms with Crippen LogP contribution < -0.4 is 0 Å². The molecule has 1 unspecified atom stereocenters. The van der Waals surface area contributed by atoms with Crippen molar-refractivity contribution in [2.24, 2.45) is 0 Å². The molecule has 0 bridgehead atoms. The molecule has 1 aliphatic rings. The van der Waals surface area contributed by atoms with Crippen molar-refractivity contribution in [3.8, 4) is 23.7 Å². The van der Waals surface area contributed by atoms with E-state index in [9.17, 15) is 5.11 Å². The predicted molar refractivity (Wildman–Crippen MR) is 93.7 cm³/mol. The fourth-order valence-corrected chi connectivity index (χ4v) is 2.69. The Morgan fingerprint density at radius 2 is 1.70 bits per heavy atom. The Bertz CT molecular complexity index is 447. The Morgan fingerprint density at radius 3 is 2.39 bits per heavy atom. The summed E-state index contributed by atoms with van der Waals surface area (Å²) >= 11 is 0. The number of aliphatic hydroxyl groups is 1. The lowest BCUT2D eigenvalue weighted by Crippen LogP contribution is -2.21. The van der Waals surface area contributed by atoms with E-state index in [-0.39, 0.29) is 12.2 Å². The molecule has 3 heteroatoms. The SMILES string of the molecule is CCCCCCC[C@H]1OC(C)(C)O[C@@H]1CC#CC#CC(O)CC. The van der Waals surface area contributed by atoms with Gasteiger partial charge in [-0.05, 0) is 38.5 Å². The normalized spacial score (nSPS) is 23.5. The summed E-state index contributed by atoms with van der Waals surface area (Å²) in [7, 11) is 0. The molecule has 1 fully saturated rings. The second-order valence-electron chi connectivity index (χ2n) is 6.61. The summed E-state index contributed by atoms with van der Waals surface area (Å²) in [6.45, 7) is 8.04. The maximum atomic E-state index is 9.35. The highest BCUT2D eigenvalue weighted by atomic mass is 16.7. The van der Waals surface area contributed by atoms with Crippen LogP contribution in [0, 0.1) is 23.7 Å². The minimum absolute atomic E-state index is 0.0153. The van der Waals surface area contributed by atoms with Crippen LogP contribution in [0.4, 0.5) is 0 Å². The molecule has 1 heterocycles. The maximum absolute atomic E-state index is 9.35. The molecule has 1 saturated heterocycles. The molecule has 23 heavy (non-hydrogen) atoms. The Morgan fingerprint density at radius 1 is 1.00 bits per heavy atom. The van der Waals surface area contributed by atoms with Crippen LogP contribution in [0.15, 0.2) is 0 Å². The van der Waals surface area contributed by atoms with Gasteiger partial charge in [-0.15, -0.1) is 0 Å². The minimum Gasteiger partial charge on any atom is -0.380 e. The third kappa shape index (κ3) is 8.42. The van der Waals surface area contributed by atoms with Gasteiger partial charge in [0.25, 0.3) is 0 Å². The lowest BCUT2D eigenvalue weighted by atomic mass is 10.0. The van der Waals surface area contributed by atoms with E-state index in [2.05, 4.69) is 30.6 Å². The third-order valence-corrected chi connectivity index (χ3v) is 3.96. The van der Waals surface area contributed by atoms with E-state index in [1.54, 1.807) is 0 Å². The van der Waals surface area contributed by atoms with Crippen LogP contribution in [0.2, 0.25) is 0 Å². The highest BCUT2D eigenvalue weighted by Gasteiger charge is 2.40. The van der Waals surface area contributed by atoms with Crippen molar-refractivity contribution >= 4 is 0 Å². The second-order valence-corrected chi connectivity index (χ2v) is 6.61. The average Bonchev–Trinajstić information content (AvgIpc) is 2.80. The summed E-state index contributed by atoms with van der Waals surface area (Å²) in [5.41, 5.74) is 0. The molecular weight excluding hydrogens is 288 g/mol. The van der Waals surface area contributed by atoms with Crippen molar-refractivity contribution in [1.82, 2.24) is 0 Å². The van der Waals surface area contributed by atoms with Gasteiger partial charge in [0.05, 0.1) is 12.2 Å². The molecule has 1 aliphatic heterocycles. The van der Waals surface area contributed by atoms with E-state index in [4.69, 9.17) is 9.47 Å². The molecule has 0 aliphatic carbocycles. The van der Waals surface area contributed by atoms with Crippen molar-refractivity contribution in [2.75, 3.05) is 0 Å². The quantitative estimate of drug-likeness (QED) is 0.542. The van der Waals surface area contributed by atoms with Gasteiger partial charge in [0.15, 0.2) is 5.79 Å². The Balaban J connectivity index is 2.43. The molecule has 130 valence electrons. The summed E-state index contributed by atoms with van der Waals surface area (Å²) in [6, 6.07) is 0. The first-order valence-electron chi connectivity index (χ1n) is 9.00. The molecule has 0 aromatic carbocycles. The largest absolute Gasteiger partial charge is 0.380 e. The van der Waals surface area contributed by atoms with E-state index < -0.39 is 11.9 Å². The van der Waals surface area contributed by atoms with E-state index in [0.717, 1.165) is 6.42 Å². The van der Waals surface area contributed by atoms with Gasteiger partial charge in [0.1, 0.15) is 6.10 Å². The molecule has 3 atom stereocenters.